The summed E-state index contributed by atoms with van der Waals surface area (Å²) in [4.78, 5) is 20.0. The zero-order chi connectivity index (χ0) is 13.0. The van der Waals surface area contributed by atoms with E-state index in [1.54, 1.807) is 24.3 Å². The molecule has 92 valence electrons. The van der Waals surface area contributed by atoms with Gasteiger partial charge in [-0.05, 0) is 30.5 Å². The van der Waals surface area contributed by atoms with E-state index in [4.69, 9.17) is 11.6 Å². The molecule has 1 aromatic carbocycles. The molecule has 4 nitrogen and oxygen atoms in total. The van der Waals surface area contributed by atoms with E-state index in [0.29, 0.717) is 21.4 Å². The van der Waals surface area contributed by atoms with E-state index >= 15 is 0 Å². The fourth-order valence-electron chi connectivity index (χ4n) is 1.28. The van der Waals surface area contributed by atoms with Gasteiger partial charge in [0.15, 0.2) is 5.16 Å². The predicted octanol–water partition coefficient (Wildman–Crippen LogP) is 3.10. The van der Waals surface area contributed by atoms with Gasteiger partial charge in [0.25, 0.3) is 5.91 Å². The van der Waals surface area contributed by atoms with Gasteiger partial charge in [-0.2, -0.15) is 0 Å². The van der Waals surface area contributed by atoms with Crippen LogP contribution in [0.2, 0.25) is 5.02 Å². The normalized spacial score (nSPS) is 10.1. The molecule has 1 heterocycles. The number of benzene rings is 1. The van der Waals surface area contributed by atoms with Crippen LogP contribution in [0.4, 0.5) is 5.69 Å². The van der Waals surface area contributed by atoms with Crippen molar-refractivity contribution in [2.75, 3.05) is 11.6 Å². The minimum atomic E-state index is -0.245. The van der Waals surface area contributed by atoms with Crippen molar-refractivity contribution in [3.8, 4) is 0 Å². The lowest BCUT2D eigenvalue weighted by Crippen LogP contribution is -2.12. The SMILES string of the molecule is CSc1ncc(C(=O)Nc2ccc(Cl)cc2)cn1. The smallest absolute Gasteiger partial charge is 0.258 e. The maximum absolute atomic E-state index is 11.9. The third-order valence-electron chi connectivity index (χ3n) is 2.18. The lowest BCUT2D eigenvalue weighted by atomic mass is 10.3. The summed E-state index contributed by atoms with van der Waals surface area (Å²) in [6.45, 7) is 0. The van der Waals surface area contributed by atoms with Gasteiger partial charge in [0.05, 0.1) is 5.56 Å². The zero-order valence-electron chi connectivity index (χ0n) is 9.55. The van der Waals surface area contributed by atoms with Crippen LogP contribution in [0.15, 0.2) is 41.8 Å². The Balaban J connectivity index is 2.09. The fraction of sp³-hybridized carbons (Fsp3) is 0.0833. The van der Waals surface area contributed by atoms with Crippen LogP contribution in [0.1, 0.15) is 10.4 Å². The van der Waals surface area contributed by atoms with Crippen molar-refractivity contribution in [2.24, 2.45) is 0 Å². The van der Waals surface area contributed by atoms with Gasteiger partial charge in [-0.25, -0.2) is 9.97 Å². The first-order chi connectivity index (χ1) is 8.69. The van der Waals surface area contributed by atoms with Crippen LogP contribution in [-0.2, 0) is 0 Å². The van der Waals surface area contributed by atoms with Crippen LogP contribution in [0, 0.1) is 0 Å². The summed E-state index contributed by atoms with van der Waals surface area (Å²) in [6.07, 6.45) is 4.89. The molecular formula is C12H10ClN3OS. The molecule has 18 heavy (non-hydrogen) atoms. The number of aromatic nitrogens is 2. The highest BCUT2D eigenvalue weighted by Gasteiger charge is 2.07. The topological polar surface area (TPSA) is 54.9 Å². The first-order valence-electron chi connectivity index (χ1n) is 5.12. The monoisotopic (exact) mass is 279 g/mol. The highest BCUT2D eigenvalue weighted by Crippen LogP contribution is 2.14. The molecule has 1 N–H and O–H groups in total. The molecule has 0 saturated heterocycles. The van der Waals surface area contributed by atoms with Crippen molar-refractivity contribution >= 4 is 35.0 Å². The molecular weight excluding hydrogens is 270 g/mol. The number of nitrogens with zero attached hydrogens (tertiary/aromatic N) is 2. The van der Waals surface area contributed by atoms with Crippen molar-refractivity contribution in [2.45, 2.75) is 5.16 Å². The Morgan fingerprint density at radius 3 is 2.39 bits per heavy atom. The number of hydrogen-bond acceptors (Lipinski definition) is 4. The van der Waals surface area contributed by atoms with Crippen LogP contribution in [0.3, 0.4) is 0 Å². The molecule has 0 aliphatic carbocycles. The number of hydrogen-bond donors (Lipinski definition) is 1. The number of thioether (sulfide) groups is 1. The lowest BCUT2D eigenvalue weighted by molar-refractivity contribution is 0.102. The van der Waals surface area contributed by atoms with Gasteiger partial charge < -0.3 is 5.32 Å². The van der Waals surface area contributed by atoms with Gasteiger partial charge in [0, 0.05) is 23.1 Å². The predicted molar refractivity (Wildman–Crippen MR) is 73.2 cm³/mol. The van der Waals surface area contributed by atoms with E-state index in [1.807, 2.05) is 6.26 Å². The molecule has 2 rings (SSSR count). The summed E-state index contributed by atoms with van der Waals surface area (Å²) in [5, 5.41) is 4.00. The zero-order valence-corrected chi connectivity index (χ0v) is 11.1. The summed E-state index contributed by atoms with van der Waals surface area (Å²) >= 11 is 7.19. The maximum Gasteiger partial charge on any atom is 0.258 e. The Labute approximate surface area is 114 Å². The number of anilines is 1. The molecule has 1 amide bonds. The Morgan fingerprint density at radius 2 is 1.83 bits per heavy atom. The fourth-order valence-corrected chi connectivity index (χ4v) is 1.72. The maximum atomic E-state index is 11.9. The Hall–Kier alpha value is -1.59. The van der Waals surface area contributed by atoms with Crippen molar-refractivity contribution in [1.82, 2.24) is 9.97 Å². The van der Waals surface area contributed by atoms with Gasteiger partial charge in [0.2, 0.25) is 0 Å². The number of nitrogens with one attached hydrogen (secondary N) is 1. The van der Waals surface area contributed by atoms with Crippen molar-refractivity contribution in [3.05, 3.63) is 47.2 Å². The summed E-state index contributed by atoms with van der Waals surface area (Å²) in [5.41, 5.74) is 1.10. The molecule has 1 aromatic heterocycles. The van der Waals surface area contributed by atoms with Crippen LogP contribution in [0.25, 0.3) is 0 Å². The van der Waals surface area contributed by atoms with Gasteiger partial charge >= 0.3 is 0 Å². The molecule has 0 atom stereocenters. The minimum absolute atomic E-state index is 0.245. The largest absolute Gasteiger partial charge is 0.322 e. The molecule has 2 aromatic rings. The molecule has 6 heteroatoms. The Kier molecular flexibility index (Phi) is 4.17. The minimum Gasteiger partial charge on any atom is -0.322 e. The molecule has 0 radical (unpaired) electrons. The third kappa shape index (κ3) is 3.21. The summed E-state index contributed by atoms with van der Waals surface area (Å²) in [6, 6.07) is 6.89. The number of halogens is 1. The van der Waals surface area contributed by atoms with E-state index in [-0.39, 0.29) is 5.91 Å². The molecule has 0 spiro atoms. The number of amides is 1. The second kappa shape index (κ2) is 5.84. The Morgan fingerprint density at radius 1 is 1.22 bits per heavy atom. The quantitative estimate of drug-likeness (QED) is 0.693. The molecule has 0 fully saturated rings. The van der Waals surface area contributed by atoms with Crippen LogP contribution in [-0.4, -0.2) is 22.1 Å². The van der Waals surface area contributed by atoms with Gasteiger partial charge in [0.1, 0.15) is 0 Å². The lowest BCUT2D eigenvalue weighted by Gasteiger charge is -2.04. The van der Waals surface area contributed by atoms with E-state index in [1.165, 1.54) is 24.2 Å². The summed E-state index contributed by atoms with van der Waals surface area (Å²) in [7, 11) is 0. The second-order valence-electron chi connectivity index (χ2n) is 3.42. The average molecular weight is 280 g/mol. The first kappa shape index (κ1) is 12.9. The molecule has 0 bridgehead atoms. The van der Waals surface area contributed by atoms with E-state index in [9.17, 15) is 4.79 Å². The van der Waals surface area contributed by atoms with E-state index in [0.717, 1.165) is 0 Å². The van der Waals surface area contributed by atoms with Gasteiger partial charge in [-0.1, -0.05) is 23.4 Å². The van der Waals surface area contributed by atoms with Crippen LogP contribution in [0.5, 0.6) is 0 Å². The van der Waals surface area contributed by atoms with Crippen molar-refractivity contribution < 1.29 is 4.79 Å². The Bertz CT molecular complexity index is 542. The van der Waals surface area contributed by atoms with Gasteiger partial charge in [-0.3, -0.25) is 4.79 Å². The van der Waals surface area contributed by atoms with Crippen LogP contribution < -0.4 is 5.32 Å². The van der Waals surface area contributed by atoms with E-state index < -0.39 is 0 Å². The van der Waals surface area contributed by atoms with Crippen LogP contribution >= 0.6 is 23.4 Å². The molecule has 0 aliphatic heterocycles. The highest BCUT2D eigenvalue weighted by molar-refractivity contribution is 7.98. The molecule has 0 aliphatic rings. The number of rotatable bonds is 3. The molecule has 0 saturated carbocycles. The summed E-state index contributed by atoms with van der Waals surface area (Å²) < 4.78 is 0. The summed E-state index contributed by atoms with van der Waals surface area (Å²) in [5.74, 6) is -0.245. The number of carbonyl (C=O) groups is 1. The highest BCUT2D eigenvalue weighted by atomic mass is 35.5. The average Bonchev–Trinajstić information content (AvgIpc) is 2.41. The molecule has 0 unspecified atom stereocenters. The van der Waals surface area contributed by atoms with Crippen molar-refractivity contribution in [3.63, 3.8) is 0 Å². The van der Waals surface area contributed by atoms with Gasteiger partial charge in [-0.15, -0.1) is 0 Å². The second-order valence-corrected chi connectivity index (χ2v) is 4.63. The third-order valence-corrected chi connectivity index (χ3v) is 3.00. The van der Waals surface area contributed by atoms with Crippen molar-refractivity contribution in [1.29, 1.82) is 0 Å². The first-order valence-corrected chi connectivity index (χ1v) is 6.72. The standard InChI is InChI=1S/C12H10ClN3OS/c1-18-12-14-6-8(7-15-12)11(17)16-10-4-2-9(13)3-5-10/h2-7H,1H3,(H,16,17). The number of carbonyl (C=O) groups excluding carboxylic acids is 1. The van der Waals surface area contributed by atoms with E-state index in [2.05, 4.69) is 15.3 Å².